The Bertz CT molecular complexity index is 391. The van der Waals surface area contributed by atoms with Gasteiger partial charge in [0, 0.05) is 29.6 Å². The zero-order valence-electron chi connectivity index (χ0n) is 10.2. The van der Waals surface area contributed by atoms with Crippen LogP contribution in [0.25, 0.3) is 0 Å². The molecule has 3 nitrogen and oxygen atoms in total. The van der Waals surface area contributed by atoms with Crippen LogP contribution in [-0.4, -0.2) is 23.0 Å². The number of hydrogen-bond donors (Lipinski definition) is 2. The minimum absolute atomic E-state index is 0.0356. The summed E-state index contributed by atoms with van der Waals surface area (Å²) in [5.74, 6) is 1.20. The van der Waals surface area contributed by atoms with Crippen molar-refractivity contribution in [2.24, 2.45) is 0 Å². The fourth-order valence-corrected chi connectivity index (χ4v) is 3.19. The molecule has 92 valence electrons. The maximum Gasteiger partial charge on any atom is 0.221 e. The maximum absolute atomic E-state index is 10.9. The van der Waals surface area contributed by atoms with Gasteiger partial charge in [0.15, 0.2) is 0 Å². The van der Waals surface area contributed by atoms with Crippen LogP contribution in [0.2, 0.25) is 0 Å². The number of thioether (sulfide) groups is 1. The number of nitrogens with one attached hydrogen (secondary N) is 2. The summed E-state index contributed by atoms with van der Waals surface area (Å²) in [4.78, 5) is 10.9. The third-order valence-electron chi connectivity index (χ3n) is 2.93. The fraction of sp³-hybridized carbons (Fsp3) is 0.462. The van der Waals surface area contributed by atoms with Crippen molar-refractivity contribution in [3.8, 4) is 0 Å². The van der Waals surface area contributed by atoms with Crippen LogP contribution < -0.4 is 10.6 Å². The van der Waals surface area contributed by atoms with Gasteiger partial charge in [-0.1, -0.05) is 6.92 Å². The van der Waals surface area contributed by atoms with E-state index in [0.29, 0.717) is 11.3 Å². The van der Waals surface area contributed by atoms with Crippen LogP contribution in [0.1, 0.15) is 20.3 Å². The van der Waals surface area contributed by atoms with Crippen molar-refractivity contribution >= 4 is 29.0 Å². The van der Waals surface area contributed by atoms with Crippen LogP contribution >= 0.6 is 11.8 Å². The van der Waals surface area contributed by atoms with Gasteiger partial charge in [-0.05, 0) is 36.4 Å². The second-order valence-corrected chi connectivity index (χ2v) is 5.86. The van der Waals surface area contributed by atoms with E-state index in [2.05, 4.69) is 17.6 Å². The lowest BCUT2D eigenvalue weighted by atomic mass is 10.1. The first kappa shape index (κ1) is 12.3. The lowest BCUT2D eigenvalue weighted by Crippen LogP contribution is -2.24. The summed E-state index contributed by atoms with van der Waals surface area (Å²) < 4.78 is 0. The van der Waals surface area contributed by atoms with Gasteiger partial charge in [-0.25, -0.2) is 0 Å². The molecule has 1 aromatic rings. The molecule has 1 aromatic carbocycles. The number of anilines is 2. The highest BCUT2D eigenvalue weighted by Crippen LogP contribution is 2.29. The summed E-state index contributed by atoms with van der Waals surface area (Å²) in [6.07, 6.45) is 1.22. The molecule has 2 N–H and O–H groups in total. The topological polar surface area (TPSA) is 41.1 Å². The van der Waals surface area contributed by atoms with E-state index in [0.717, 1.165) is 11.4 Å². The van der Waals surface area contributed by atoms with E-state index in [9.17, 15) is 4.79 Å². The molecule has 17 heavy (non-hydrogen) atoms. The molecule has 2 atom stereocenters. The molecule has 1 aliphatic heterocycles. The summed E-state index contributed by atoms with van der Waals surface area (Å²) in [5, 5.41) is 6.97. The Balaban J connectivity index is 1.95. The monoisotopic (exact) mass is 250 g/mol. The molecule has 0 bridgehead atoms. The van der Waals surface area contributed by atoms with Gasteiger partial charge in [-0.3, -0.25) is 4.79 Å². The molecule has 1 heterocycles. The smallest absolute Gasteiger partial charge is 0.221 e. The van der Waals surface area contributed by atoms with E-state index in [4.69, 9.17) is 0 Å². The Morgan fingerprint density at radius 3 is 2.47 bits per heavy atom. The minimum atomic E-state index is -0.0356. The third-order valence-corrected chi connectivity index (χ3v) is 4.26. The molecule has 0 aromatic heterocycles. The normalized spacial score (nSPS) is 23.4. The number of amides is 1. The Hall–Kier alpha value is -1.16. The van der Waals surface area contributed by atoms with E-state index in [1.807, 2.05) is 36.0 Å². The van der Waals surface area contributed by atoms with Crippen molar-refractivity contribution in [1.82, 2.24) is 0 Å². The van der Waals surface area contributed by atoms with Crippen molar-refractivity contribution in [1.29, 1.82) is 0 Å². The van der Waals surface area contributed by atoms with Crippen LogP contribution in [0, 0.1) is 0 Å². The van der Waals surface area contributed by atoms with E-state index in [1.54, 1.807) is 0 Å². The number of hydrogen-bond acceptors (Lipinski definition) is 3. The van der Waals surface area contributed by atoms with Crippen molar-refractivity contribution < 1.29 is 4.79 Å². The number of benzene rings is 1. The molecule has 1 amide bonds. The molecule has 2 rings (SSSR count). The molecule has 0 saturated carbocycles. The SMILES string of the molecule is CC(=O)Nc1ccc(NC2CCSC2C)cc1. The predicted molar refractivity (Wildman–Crippen MR) is 74.7 cm³/mol. The van der Waals surface area contributed by atoms with E-state index in [1.165, 1.54) is 19.1 Å². The van der Waals surface area contributed by atoms with Gasteiger partial charge in [0.25, 0.3) is 0 Å². The molecular weight excluding hydrogens is 232 g/mol. The zero-order valence-corrected chi connectivity index (χ0v) is 11.0. The van der Waals surface area contributed by atoms with Gasteiger partial charge in [-0.2, -0.15) is 11.8 Å². The summed E-state index contributed by atoms with van der Waals surface area (Å²) in [6, 6.07) is 8.45. The summed E-state index contributed by atoms with van der Waals surface area (Å²) in [6.45, 7) is 3.78. The lowest BCUT2D eigenvalue weighted by molar-refractivity contribution is -0.114. The Labute approximate surface area is 106 Å². The molecule has 4 heteroatoms. The third kappa shape index (κ3) is 3.40. The van der Waals surface area contributed by atoms with Gasteiger partial charge in [0.2, 0.25) is 5.91 Å². The standard InChI is InChI=1S/C13H18N2OS/c1-9-13(7-8-17-9)15-12-5-3-11(4-6-12)14-10(2)16/h3-6,9,13,15H,7-8H2,1-2H3,(H,14,16). The van der Waals surface area contributed by atoms with E-state index in [-0.39, 0.29) is 5.91 Å². The van der Waals surface area contributed by atoms with Crippen LogP contribution in [0.5, 0.6) is 0 Å². The van der Waals surface area contributed by atoms with Crippen LogP contribution in [0.3, 0.4) is 0 Å². The first-order valence-electron chi connectivity index (χ1n) is 5.91. The molecule has 1 saturated heterocycles. The quantitative estimate of drug-likeness (QED) is 0.866. The molecule has 2 unspecified atom stereocenters. The maximum atomic E-state index is 10.9. The molecule has 1 aliphatic rings. The minimum Gasteiger partial charge on any atom is -0.381 e. The zero-order chi connectivity index (χ0) is 12.3. The second kappa shape index (κ2) is 5.45. The number of carbonyl (C=O) groups is 1. The Morgan fingerprint density at radius 1 is 1.29 bits per heavy atom. The molecule has 0 spiro atoms. The van der Waals surface area contributed by atoms with Crippen molar-refractivity contribution in [2.45, 2.75) is 31.6 Å². The highest BCUT2D eigenvalue weighted by molar-refractivity contribution is 8.00. The Kier molecular flexibility index (Phi) is 3.94. The first-order valence-corrected chi connectivity index (χ1v) is 6.96. The number of rotatable bonds is 3. The molecule has 0 aliphatic carbocycles. The van der Waals surface area contributed by atoms with Crippen molar-refractivity contribution in [3.05, 3.63) is 24.3 Å². The van der Waals surface area contributed by atoms with Gasteiger partial charge in [0.1, 0.15) is 0 Å². The van der Waals surface area contributed by atoms with Gasteiger partial charge < -0.3 is 10.6 Å². The van der Waals surface area contributed by atoms with Gasteiger partial charge in [-0.15, -0.1) is 0 Å². The summed E-state index contributed by atoms with van der Waals surface area (Å²) in [5.41, 5.74) is 1.97. The Morgan fingerprint density at radius 2 is 1.94 bits per heavy atom. The second-order valence-electron chi connectivity index (χ2n) is 4.37. The van der Waals surface area contributed by atoms with E-state index >= 15 is 0 Å². The van der Waals surface area contributed by atoms with Crippen LogP contribution in [0.4, 0.5) is 11.4 Å². The lowest BCUT2D eigenvalue weighted by Gasteiger charge is -2.18. The number of carbonyl (C=O) groups excluding carboxylic acids is 1. The average Bonchev–Trinajstić information content (AvgIpc) is 2.67. The summed E-state index contributed by atoms with van der Waals surface area (Å²) >= 11 is 2.02. The van der Waals surface area contributed by atoms with Gasteiger partial charge in [0.05, 0.1) is 0 Å². The van der Waals surface area contributed by atoms with Crippen molar-refractivity contribution in [2.75, 3.05) is 16.4 Å². The highest BCUT2D eigenvalue weighted by atomic mass is 32.2. The van der Waals surface area contributed by atoms with Crippen molar-refractivity contribution in [3.63, 3.8) is 0 Å². The average molecular weight is 250 g/mol. The van der Waals surface area contributed by atoms with E-state index < -0.39 is 0 Å². The van der Waals surface area contributed by atoms with Gasteiger partial charge >= 0.3 is 0 Å². The fourth-order valence-electron chi connectivity index (χ4n) is 1.99. The largest absolute Gasteiger partial charge is 0.381 e. The predicted octanol–water partition coefficient (Wildman–Crippen LogP) is 2.95. The first-order chi connectivity index (χ1) is 8.15. The molecule has 1 fully saturated rings. The molecular formula is C13H18N2OS. The highest BCUT2D eigenvalue weighted by Gasteiger charge is 2.23. The van der Waals surface area contributed by atoms with Crippen LogP contribution in [0.15, 0.2) is 24.3 Å². The summed E-state index contributed by atoms with van der Waals surface area (Å²) in [7, 11) is 0. The van der Waals surface area contributed by atoms with Crippen LogP contribution in [-0.2, 0) is 4.79 Å². The molecule has 0 radical (unpaired) electrons.